The Kier molecular flexibility index (Phi) is 5.94. The summed E-state index contributed by atoms with van der Waals surface area (Å²) in [5, 5.41) is 3.67. The molecule has 0 saturated carbocycles. The van der Waals surface area contributed by atoms with Gasteiger partial charge in [-0.1, -0.05) is 115 Å². The number of aromatic nitrogens is 2. The van der Waals surface area contributed by atoms with Gasteiger partial charge in [-0.15, -0.1) is 0 Å². The van der Waals surface area contributed by atoms with E-state index in [1.165, 1.54) is 60.8 Å². The van der Waals surface area contributed by atoms with Crippen molar-refractivity contribution in [3.63, 3.8) is 0 Å². The van der Waals surface area contributed by atoms with Crippen LogP contribution < -0.4 is 0 Å². The minimum atomic E-state index is 0.924. The van der Waals surface area contributed by atoms with Gasteiger partial charge in [0, 0.05) is 16.2 Å². The van der Waals surface area contributed by atoms with Gasteiger partial charge in [0.05, 0.1) is 16.6 Å². The highest BCUT2D eigenvalue weighted by molar-refractivity contribution is 6.12. The van der Waals surface area contributed by atoms with Crippen LogP contribution in [0.4, 0.5) is 0 Å². The van der Waals surface area contributed by atoms with Gasteiger partial charge in [-0.25, -0.2) is 4.98 Å². The van der Waals surface area contributed by atoms with E-state index in [1.54, 1.807) is 0 Å². The van der Waals surface area contributed by atoms with E-state index in [9.17, 15) is 0 Å². The molecule has 0 spiro atoms. The van der Waals surface area contributed by atoms with E-state index in [4.69, 9.17) is 4.98 Å². The molecule has 6 aromatic carbocycles. The van der Waals surface area contributed by atoms with Crippen LogP contribution >= 0.6 is 0 Å². The van der Waals surface area contributed by atoms with E-state index < -0.39 is 0 Å². The van der Waals surface area contributed by atoms with Crippen molar-refractivity contribution in [1.29, 1.82) is 0 Å². The van der Waals surface area contributed by atoms with Gasteiger partial charge < -0.3 is 0 Å². The molecule has 8 aromatic rings. The summed E-state index contributed by atoms with van der Waals surface area (Å²) in [7, 11) is 0. The first-order valence-electron chi connectivity index (χ1n) is 14.8. The maximum Gasteiger partial charge on any atom is 0.138 e. The van der Waals surface area contributed by atoms with Gasteiger partial charge in [-0.2, -0.15) is 0 Å². The molecule has 2 heterocycles. The van der Waals surface area contributed by atoms with Gasteiger partial charge in [-0.05, 0) is 88.7 Å². The molecule has 2 nitrogen and oxygen atoms in total. The molecule has 0 aliphatic carbocycles. The predicted octanol–water partition coefficient (Wildman–Crippen LogP) is 10.9. The van der Waals surface area contributed by atoms with Crippen molar-refractivity contribution in [2.45, 2.75) is 13.8 Å². The molecule has 0 aliphatic heterocycles. The van der Waals surface area contributed by atoms with Crippen molar-refractivity contribution in [2.24, 2.45) is 0 Å². The number of hydrogen-bond acceptors (Lipinski definition) is 1. The summed E-state index contributed by atoms with van der Waals surface area (Å²) in [4.78, 5) is 5.27. The van der Waals surface area contributed by atoms with Crippen LogP contribution in [0.5, 0.6) is 0 Å². The Balaban J connectivity index is 1.40. The lowest BCUT2D eigenvalue weighted by Crippen LogP contribution is -1.99. The second-order valence-corrected chi connectivity index (χ2v) is 11.3. The lowest BCUT2D eigenvalue weighted by molar-refractivity contribution is 1.10. The minimum Gasteiger partial charge on any atom is -0.294 e. The van der Waals surface area contributed by atoms with Crippen LogP contribution in [-0.4, -0.2) is 9.55 Å². The third-order valence-electron chi connectivity index (χ3n) is 8.75. The summed E-state index contributed by atoms with van der Waals surface area (Å²) >= 11 is 0. The van der Waals surface area contributed by atoms with Crippen molar-refractivity contribution in [2.75, 3.05) is 0 Å². The SMILES string of the molecule is Cc1ccccc1-c1ccc2c(c1C)c1ccccc1n2-c1cc(-c2cccc(-c3ccccc3)c2)c2ccccc2n1. The van der Waals surface area contributed by atoms with Gasteiger partial charge >= 0.3 is 0 Å². The fourth-order valence-corrected chi connectivity index (χ4v) is 6.66. The Morgan fingerprint density at radius 2 is 1.16 bits per heavy atom. The van der Waals surface area contributed by atoms with Crippen LogP contribution in [0.25, 0.3) is 71.9 Å². The van der Waals surface area contributed by atoms with Gasteiger partial charge in [0.2, 0.25) is 0 Å². The third-order valence-corrected chi connectivity index (χ3v) is 8.75. The maximum absolute atomic E-state index is 5.27. The zero-order chi connectivity index (χ0) is 28.9. The number of aryl methyl sites for hydroxylation is 2. The Labute approximate surface area is 251 Å². The molecule has 43 heavy (non-hydrogen) atoms. The first-order valence-corrected chi connectivity index (χ1v) is 14.8. The summed E-state index contributed by atoms with van der Waals surface area (Å²) in [6.07, 6.45) is 0. The summed E-state index contributed by atoms with van der Waals surface area (Å²) in [5.41, 5.74) is 13.2. The lowest BCUT2D eigenvalue weighted by atomic mass is 9.94. The molecule has 0 fully saturated rings. The number of para-hydroxylation sites is 2. The first-order chi connectivity index (χ1) is 21.2. The Morgan fingerprint density at radius 3 is 2.02 bits per heavy atom. The number of benzene rings is 6. The Morgan fingerprint density at radius 1 is 0.465 bits per heavy atom. The molecule has 0 amide bonds. The summed E-state index contributed by atoms with van der Waals surface area (Å²) in [6.45, 7) is 4.45. The zero-order valence-electron chi connectivity index (χ0n) is 24.3. The smallest absolute Gasteiger partial charge is 0.138 e. The van der Waals surface area contributed by atoms with E-state index in [0.29, 0.717) is 0 Å². The van der Waals surface area contributed by atoms with Crippen LogP contribution in [0.15, 0.2) is 146 Å². The highest BCUT2D eigenvalue weighted by atomic mass is 15.1. The molecular formula is C41H30N2. The average Bonchev–Trinajstić information content (AvgIpc) is 3.40. The number of rotatable bonds is 4. The molecule has 0 aliphatic rings. The monoisotopic (exact) mass is 550 g/mol. The molecule has 0 bridgehead atoms. The fraction of sp³-hybridized carbons (Fsp3) is 0.0488. The molecule has 0 atom stereocenters. The highest BCUT2D eigenvalue weighted by Crippen LogP contribution is 2.40. The van der Waals surface area contributed by atoms with E-state index in [1.807, 2.05) is 0 Å². The molecular weight excluding hydrogens is 520 g/mol. The maximum atomic E-state index is 5.27. The molecule has 204 valence electrons. The molecule has 0 saturated heterocycles. The second kappa shape index (κ2) is 10.1. The Bertz CT molecular complexity index is 2310. The van der Waals surface area contributed by atoms with Crippen molar-refractivity contribution in [1.82, 2.24) is 9.55 Å². The van der Waals surface area contributed by atoms with Gasteiger partial charge in [0.1, 0.15) is 5.82 Å². The van der Waals surface area contributed by atoms with E-state index in [-0.39, 0.29) is 0 Å². The van der Waals surface area contributed by atoms with Crippen molar-refractivity contribution < 1.29 is 0 Å². The molecule has 2 aromatic heterocycles. The summed E-state index contributed by atoms with van der Waals surface area (Å²) < 4.78 is 2.34. The molecule has 0 radical (unpaired) electrons. The topological polar surface area (TPSA) is 17.8 Å². The van der Waals surface area contributed by atoms with E-state index >= 15 is 0 Å². The summed E-state index contributed by atoms with van der Waals surface area (Å²) in [6, 6.07) is 52.1. The van der Waals surface area contributed by atoms with Crippen molar-refractivity contribution >= 4 is 32.7 Å². The number of fused-ring (bicyclic) bond motifs is 4. The standard InChI is InChI=1S/C41H30N2/c1-27-13-6-7-18-32(27)33-23-24-39-41(28(33)2)35-20-9-11-22-38(35)43(39)40-26-36(34-19-8-10-21-37(34)42-40)31-17-12-16-30(25-31)29-14-4-3-5-15-29/h3-26H,1-2H3. The molecule has 0 N–H and O–H groups in total. The van der Waals surface area contributed by atoms with Crippen LogP contribution in [0.2, 0.25) is 0 Å². The summed E-state index contributed by atoms with van der Waals surface area (Å²) in [5.74, 6) is 0.924. The fourth-order valence-electron chi connectivity index (χ4n) is 6.66. The van der Waals surface area contributed by atoms with Crippen LogP contribution in [0.1, 0.15) is 11.1 Å². The first kappa shape index (κ1) is 25.3. The van der Waals surface area contributed by atoms with E-state index in [0.717, 1.165) is 22.2 Å². The predicted molar refractivity (Wildman–Crippen MR) is 182 cm³/mol. The lowest BCUT2D eigenvalue weighted by Gasteiger charge is -2.14. The number of pyridine rings is 1. The van der Waals surface area contributed by atoms with Crippen LogP contribution in [-0.2, 0) is 0 Å². The van der Waals surface area contributed by atoms with Gasteiger partial charge in [-0.3, -0.25) is 4.57 Å². The Hall–Kier alpha value is -5.47. The zero-order valence-corrected chi connectivity index (χ0v) is 24.3. The third kappa shape index (κ3) is 4.14. The average molecular weight is 551 g/mol. The minimum absolute atomic E-state index is 0.924. The van der Waals surface area contributed by atoms with Gasteiger partial charge in [0.15, 0.2) is 0 Å². The molecule has 0 unspecified atom stereocenters. The highest BCUT2D eigenvalue weighted by Gasteiger charge is 2.19. The quantitative estimate of drug-likeness (QED) is 0.213. The molecule has 8 rings (SSSR count). The normalized spacial score (nSPS) is 11.5. The largest absolute Gasteiger partial charge is 0.294 e. The second-order valence-electron chi connectivity index (χ2n) is 11.3. The van der Waals surface area contributed by atoms with Crippen LogP contribution in [0, 0.1) is 13.8 Å². The number of hydrogen-bond donors (Lipinski definition) is 0. The van der Waals surface area contributed by atoms with Crippen molar-refractivity contribution in [3.8, 4) is 39.2 Å². The van der Waals surface area contributed by atoms with Crippen LogP contribution in [0.3, 0.4) is 0 Å². The van der Waals surface area contributed by atoms with Crippen molar-refractivity contribution in [3.05, 3.63) is 157 Å². The number of nitrogens with zero attached hydrogens (tertiary/aromatic N) is 2. The van der Waals surface area contributed by atoms with E-state index in [2.05, 4.69) is 164 Å². The van der Waals surface area contributed by atoms with Gasteiger partial charge in [0.25, 0.3) is 0 Å². The molecule has 2 heteroatoms.